The highest BCUT2D eigenvalue weighted by molar-refractivity contribution is 5.55. The summed E-state index contributed by atoms with van der Waals surface area (Å²) in [7, 11) is 1.60. The van der Waals surface area contributed by atoms with Crippen molar-refractivity contribution in [1.29, 1.82) is 0 Å². The van der Waals surface area contributed by atoms with Gasteiger partial charge < -0.3 is 14.2 Å². The van der Waals surface area contributed by atoms with Gasteiger partial charge >= 0.3 is 0 Å². The Balaban J connectivity index is 1.55. The number of aromatic nitrogens is 4. The molecule has 25 heavy (non-hydrogen) atoms. The fourth-order valence-corrected chi connectivity index (χ4v) is 3.16. The quantitative estimate of drug-likeness (QED) is 0.708. The summed E-state index contributed by atoms with van der Waals surface area (Å²) in [6.45, 7) is 1.31. The molecule has 0 bridgehead atoms. The number of hydrogen-bond acceptors (Lipinski definition) is 7. The summed E-state index contributed by atoms with van der Waals surface area (Å²) in [4.78, 5) is 15.7. The van der Waals surface area contributed by atoms with Gasteiger partial charge in [-0.15, -0.1) is 0 Å². The first-order valence-corrected chi connectivity index (χ1v) is 8.30. The van der Waals surface area contributed by atoms with Crippen molar-refractivity contribution in [3.05, 3.63) is 54.2 Å². The van der Waals surface area contributed by atoms with E-state index in [9.17, 15) is 0 Å². The van der Waals surface area contributed by atoms with Gasteiger partial charge in [0.15, 0.2) is 5.82 Å². The lowest BCUT2D eigenvalue weighted by atomic mass is 10.1. The Morgan fingerprint density at radius 3 is 2.96 bits per heavy atom. The lowest BCUT2D eigenvalue weighted by Gasteiger charge is -2.25. The maximum atomic E-state index is 5.25. The fourth-order valence-electron chi connectivity index (χ4n) is 3.16. The van der Waals surface area contributed by atoms with Crippen molar-refractivity contribution in [2.24, 2.45) is 0 Å². The van der Waals surface area contributed by atoms with Crippen molar-refractivity contribution in [2.45, 2.75) is 25.5 Å². The van der Waals surface area contributed by atoms with Gasteiger partial charge in [-0.25, -0.2) is 4.98 Å². The first-order valence-electron chi connectivity index (χ1n) is 8.30. The van der Waals surface area contributed by atoms with Crippen LogP contribution in [0.4, 0.5) is 5.82 Å². The molecule has 1 saturated heterocycles. The molecule has 7 heteroatoms. The minimum atomic E-state index is 0.274. The summed E-state index contributed by atoms with van der Waals surface area (Å²) < 4.78 is 10.3. The highest BCUT2D eigenvalue weighted by atomic mass is 16.5. The fraction of sp³-hybridized carbons (Fsp3) is 0.333. The number of anilines is 1. The minimum absolute atomic E-state index is 0.274. The Morgan fingerprint density at radius 2 is 2.20 bits per heavy atom. The van der Waals surface area contributed by atoms with E-state index in [4.69, 9.17) is 9.26 Å². The van der Waals surface area contributed by atoms with Crippen molar-refractivity contribution < 1.29 is 9.26 Å². The zero-order valence-corrected chi connectivity index (χ0v) is 14.0. The predicted octanol–water partition coefficient (Wildman–Crippen LogP) is 3.01. The van der Waals surface area contributed by atoms with E-state index in [1.54, 1.807) is 13.3 Å². The molecule has 0 aliphatic carbocycles. The Morgan fingerprint density at radius 1 is 1.24 bits per heavy atom. The standard InChI is InChI=1S/C18H19N5O2/c1-24-12-16-21-18(25-22-16)13-7-8-17(20-11-13)23-10-4-6-15(23)14-5-2-3-9-19-14/h2-3,5,7-9,11,15H,4,6,10,12H2,1H3/t15-/m1/s1. The second kappa shape index (κ2) is 6.98. The van der Waals surface area contributed by atoms with E-state index in [2.05, 4.69) is 31.1 Å². The lowest BCUT2D eigenvalue weighted by molar-refractivity contribution is 0.174. The molecule has 0 N–H and O–H groups in total. The number of pyridine rings is 2. The molecular formula is C18H19N5O2. The first kappa shape index (κ1) is 15.7. The molecule has 0 spiro atoms. The highest BCUT2D eigenvalue weighted by Gasteiger charge is 2.28. The van der Waals surface area contributed by atoms with Gasteiger partial charge in [0.05, 0.1) is 17.3 Å². The third kappa shape index (κ3) is 3.23. The third-order valence-corrected chi connectivity index (χ3v) is 4.31. The van der Waals surface area contributed by atoms with Crippen LogP contribution in [-0.2, 0) is 11.3 Å². The molecule has 3 aromatic rings. The normalized spacial score (nSPS) is 17.2. The van der Waals surface area contributed by atoms with Crippen LogP contribution in [0.25, 0.3) is 11.5 Å². The zero-order valence-electron chi connectivity index (χ0n) is 14.0. The number of methoxy groups -OCH3 is 1. The average Bonchev–Trinajstić information content (AvgIpc) is 3.33. The average molecular weight is 337 g/mol. The van der Waals surface area contributed by atoms with Gasteiger partial charge in [0.25, 0.3) is 5.89 Å². The molecule has 0 radical (unpaired) electrons. The molecule has 1 aliphatic heterocycles. The van der Waals surface area contributed by atoms with Crippen LogP contribution in [0.2, 0.25) is 0 Å². The Kier molecular flexibility index (Phi) is 4.39. The Labute approximate surface area is 145 Å². The van der Waals surface area contributed by atoms with Crippen LogP contribution in [0.3, 0.4) is 0 Å². The summed E-state index contributed by atoms with van der Waals surface area (Å²) in [5, 5.41) is 3.88. The second-order valence-corrected chi connectivity index (χ2v) is 5.96. The van der Waals surface area contributed by atoms with Crippen LogP contribution < -0.4 is 4.90 Å². The molecule has 0 unspecified atom stereocenters. The lowest BCUT2D eigenvalue weighted by Crippen LogP contribution is -2.24. The van der Waals surface area contributed by atoms with Crippen LogP contribution in [0.5, 0.6) is 0 Å². The van der Waals surface area contributed by atoms with E-state index in [1.165, 1.54) is 0 Å². The molecule has 1 aliphatic rings. The first-order chi connectivity index (χ1) is 12.3. The number of rotatable bonds is 5. The van der Waals surface area contributed by atoms with Gasteiger partial charge in [0, 0.05) is 26.0 Å². The Bertz CT molecular complexity index is 819. The molecular weight excluding hydrogens is 318 g/mol. The van der Waals surface area contributed by atoms with E-state index in [-0.39, 0.29) is 6.04 Å². The van der Waals surface area contributed by atoms with Gasteiger partial charge in [0.1, 0.15) is 12.4 Å². The zero-order chi connectivity index (χ0) is 17.1. The van der Waals surface area contributed by atoms with Gasteiger partial charge in [0.2, 0.25) is 0 Å². The van der Waals surface area contributed by atoms with Crippen molar-refractivity contribution >= 4 is 5.82 Å². The van der Waals surface area contributed by atoms with Crippen molar-refractivity contribution in [2.75, 3.05) is 18.6 Å². The van der Waals surface area contributed by atoms with Gasteiger partial charge in [-0.3, -0.25) is 4.98 Å². The smallest absolute Gasteiger partial charge is 0.259 e. The van der Waals surface area contributed by atoms with Crippen molar-refractivity contribution in [3.63, 3.8) is 0 Å². The summed E-state index contributed by atoms with van der Waals surface area (Å²) in [6, 6.07) is 10.3. The minimum Gasteiger partial charge on any atom is -0.377 e. The van der Waals surface area contributed by atoms with E-state index >= 15 is 0 Å². The molecule has 3 aromatic heterocycles. The summed E-state index contributed by atoms with van der Waals surface area (Å²) in [5.41, 5.74) is 1.89. The van der Waals surface area contributed by atoms with Crippen molar-refractivity contribution in [1.82, 2.24) is 20.1 Å². The SMILES string of the molecule is COCc1noc(-c2ccc(N3CCC[C@@H]3c3ccccn3)nc2)n1. The molecule has 0 amide bonds. The Hall–Kier alpha value is -2.80. The number of ether oxygens (including phenoxy) is 1. The van der Waals surface area contributed by atoms with E-state index in [1.807, 2.05) is 30.5 Å². The van der Waals surface area contributed by atoms with Crippen LogP contribution in [0.15, 0.2) is 47.2 Å². The molecule has 7 nitrogen and oxygen atoms in total. The van der Waals surface area contributed by atoms with Gasteiger partial charge in [-0.05, 0) is 37.1 Å². The van der Waals surface area contributed by atoms with Crippen molar-refractivity contribution in [3.8, 4) is 11.5 Å². The number of hydrogen-bond donors (Lipinski definition) is 0. The monoisotopic (exact) mass is 337 g/mol. The summed E-state index contributed by atoms with van der Waals surface area (Å²) in [6.07, 6.45) is 5.84. The van der Waals surface area contributed by atoms with E-state index < -0.39 is 0 Å². The summed E-state index contributed by atoms with van der Waals surface area (Å²) >= 11 is 0. The maximum absolute atomic E-state index is 5.25. The molecule has 1 atom stereocenters. The molecule has 4 rings (SSSR count). The molecule has 0 aromatic carbocycles. The second-order valence-electron chi connectivity index (χ2n) is 5.96. The van der Waals surface area contributed by atoms with Crippen LogP contribution in [0, 0.1) is 0 Å². The van der Waals surface area contributed by atoms with Crippen LogP contribution >= 0.6 is 0 Å². The highest BCUT2D eigenvalue weighted by Crippen LogP contribution is 2.34. The molecule has 0 saturated carbocycles. The van der Waals surface area contributed by atoms with Gasteiger partial charge in [-0.2, -0.15) is 4.98 Å². The van der Waals surface area contributed by atoms with Crippen LogP contribution in [-0.4, -0.2) is 33.8 Å². The van der Waals surface area contributed by atoms with Crippen LogP contribution in [0.1, 0.15) is 30.4 Å². The molecule has 4 heterocycles. The maximum Gasteiger partial charge on any atom is 0.259 e. The topological polar surface area (TPSA) is 77.2 Å². The van der Waals surface area contributed by atoms with E-state index in [0.717, 1.165) is 36.5 Å². The largest absolute Gasteiger partial charge is 0.377 e. The summed E-state index contributed by atoms with van der Waals surface area (Å²) in [5.74, 6) is 1.92. The predicted molar refractivity (Wildman–Crippen MR) is 91.8 cm³/mol. The van der Waals surface area contributed by atoms with Gasteiger partial charge in [-0.1, -0.05) is 11.2 Å². The molecule has 1 fully saturated rings. The third-order valence-electron chi connectivity index (χ3n) is 4.31. The number of nitrogens with zero attached hydrogens (tertiary/aromatic N) is 5. The van der Waals surface area contributed by atoms with E-state index in [0.29, 0.717) is 18.3 Å². The molecule has 128 valence electrons.